The second kappa shape index (κ2) is 52.6. The Bertz CT molecular complexity index is 7910. The van der Waals surface area contributed by atoms with Gasteiger partial charge in [-0.25, -0.2) is 19.6 Å². The SMILES string of the molecule is CCCCC(CC)COC(=O)c1ccc(-c2ccc3c4ccc(-c5ccc(C(=O)OCC(CC)CCCC)cc5)cc4c4c(nc(-c5cc6ccccc6cc5O)n4-c4ccccc4)c3c2)cc1.Oc1cc2ccccc2cc1-c1nc2c3cc(Br)ccc3c3ccc(Br)cc3c2n1-c1ccccc1.S=S=S=S=S=S=S=S=S=S=S=S.S=S=S=S=S=S=S=S=S=S=S=S=S. The molecule has 0 bridgehead atoms. The van der Waals surface area contributed by atoms with Gasteiger partial charge >= 0.3 is 11.9 Å². The Labute approximate surface area is 845 Å². The van der Waals surface area contributed by atoms with Crippen molar-refractivity contribution in [2.24, 2.45) is 11.8 Å². The van der Waals surface area contributed by atoms with Crippen LogP contribution in [0, 0.1) is 11.8 Å². The van der Waals surface area contributed by atoms with Crippen molar-refractivity contribution in [3.63, 3.8) is 0 Å². The zero-order valence-electron chi connectivity index (χ0n) is 68.8. The molecule has 0 aliphatic heterocycles. The number of esters is 2. The van der Waals surface area contributed by atoms with Gasteiger partial charge in [0, 0.05) is 273 Å². The number of imidazole rings is 2. The largest absolute Gasteiger partial charge is 0.507 e. The molecular formula is C92H78Br2N4O6S25. The van der Waals surface area contributed by atoms with Crippen molar-refractivity contribution >= 4 is 362 Å². The Morgan fingerprint density at radius 1 is 0.349 bits per heavy atom. The Hall–Kier alpha value is -5.42. The van der Waals surface area contributed by atoms with Crippen molar-refractivity contribution in [2.45, 2.75) is 79.1 Å². The van der Waals surface area contributed by atoms with Crippen molar-refractivity contribution in [1.82, 2.24) is 19.1 Å². The molecule has 0 spiro atoms. The lowest BCUT2D eigenvalue weighted by Gasteiger charge is -2.15. The maximum atomic E-state index is 13.2. The number of aromatic hydroxyl groups is 2. The summed E-state index contributed by atoms with van der Waals surface area (Å²) >= 11 is 26.1. The zero-order valence-corrected chi connectivity index (χ0v) is 92.3. The van der Waals surface area contributed by atoms with Gasteiger partial charge in [-0.3, -0.25) is 9.13 Å². The number of nitrogens with zero attached hydrogens (tertiary/aromatic N) is 4. The average Bonchev–Trinajstić information content (AvgIpc) is 1.58. The third-order valence-electron chi connectivity index (χ3n) is 21.0. The molecule has 2 heterocycles. The van der Waals surface area contributed by atoms with Crippen molar-refractivity contribution < 1.29 is 29.3 Å². The lowest BCUT2D eigenvalue weighted by molar-refractivity contribution is 0.0419. The standard InChI is InChI=1S/C61H60N2O5.C31H18Br2N2O.S13.S12/c1-5-9-16-40(7-3)38-67-60(65)44-26-22-42(23-27-44)48-30-32-51-52-33-31-49(43-24-28-45(29-25-43)61(66)68-39-41(8-4)17-10-6-2)35-54(52)58-57(53(51)34-48)62-59(63(58)50-20-12-11-13-21-50)55-36-46-18-14-15-19-47(46)37-56(55)64;32-20-10-12-23-24-13-11-21(33)17-26(24)30-29(25(23)16-20)34-31(35(30)22-8-2-1-3-9-22)27-14-18-6-4-5-7-19(18)15-28(27)36;1-3-5-7-9-11-13-12-10-8-6-4-2;1-3-5-7-9-11-12-10-8-6-4-2/h11-15,18-37,40-41,64H,5-10,16-17,38-39H2,1-4H3;1-17,36H;;. The highest BCUT2D eigenvalue weighted by Crippen LogP contribution is 2.47. The summed E-state index contributed by atoms with van der Waals surface area (Å²) in [5.74, 6) is 1.80. The molecule has 37 heteroatoms. The number of ether oxygens (including phenoxy) is 2. The first-order valence-electron chi connectivity index (χ1n) is 39.9. The van der Waals surface area contributed by atoms with E-state index in [4.69, 9.17) is 41.8 Å². The highest BCUT2D eigenvalue weighted by atomic mass is 79.9. The molecule has 14 aromatic carbocycles. The number of benzene rings is 14. The maximum absolute atomic E-state index is 13.2. The fraction of sp³-hybridized carbons (Fsp3) is 0.174. The number of hydrogen-bond donors (Lipinski definition) is 2. The van der Waals surface area contributed by atoms with Gasteiger partial charge in [-0.1, -0.05) is 244 Å². The van der Waals surface area contributed by atoms with E-state index in [-0.39, 0.29) is 23.4 Å². The monoisotopic (exact) mass is 2290 g/mol. The summed E-state index contributed by atoms with van der Waals surface area (Å²) in [5, 5.41) is 35.4. The molecular weight excluding hydrogens is 2220 g/mol. The fourth-order valence-corrected chi connectivity index (χ4v) is 62.3. The summed E-state index contributed by atoms with van der Waals surface area (Å²) in [5.41, 5.74) is 11.7. The van der Waals surface area contributed by atoms with Crippen LogP contribution in [-0.4, -0.2) is 54.5 Å². The second-order valence-corrected chi connectivity index (χ2v) is 67.5. The van der Waals surface area contributed by atoms with Crippen LogP contribution in [0.1, 0.15) is 99.8 Å². The summed E-state index contributed by atoms with van der Waals surface area (Å²) < 4.78 is 17.9. The number of aromatic nitrogens is 4. The summed E-state index contributed by atoms with van der Waals surface area (Å²) in [4.78, 5) is 37.1. The van der Waals surface area contributed by atoms with E-state index in [9.17, 15) is 19.8 Å². The first-order chi connectivity index (χ1) is 63.2. The Morgan fingerprint density at radius 2 is 0.651 bits per heavy atom. The molecule has 0 amide bonds. The van der Waals surface area contributed by atoms with Gasteiger partial charge in [0.05, 0.1) is 57.5 Å². The molecule has 666 valence electrons. The van der Waals surface area contributed by atoms with E-state index in [1.165, 1.54) is 35.5 Å². The van der Waals surface area contributed by atoms with E-state index in [1.54, 1.807) is 151 Å². The summed E-state index contributed by atoms with van der Waals surface area (Å²) in [7, 11) is 34.4. The number of phenolic OH excluding ortho intramolecular Hbond substituents is 2. The van der Waals surface area contributed by atoms with Gasteiger partial charge in [0.15, 0.2) is 0 Å². The van der Waals surface area contributed by atoms with E-state index in [1.807, 2.05) is 146 Å². The first-order valence-corrected chi connectivity index (χ1v) is 72.2. The molecule has 0 saturated heterocycles. The number of carbonyl (C=O) groups is 2. The van der Waals surface area contributed by atoms with Crippen LogP contribution in [0.2, 0.25) is 0 Å². The number of unbranched alkanes of at least 4 members (excludes halogenated alkanes) is 2. The summed E-state index contributed by atoms with van der Waals surface area (Å²) in [6.45, 7) is 9.54. The summed E-state index contributed by atoms with van der Waals surface area (Å²) in [6.07, 6.45) is 8.61. The normalized spacial score (nSPS) is 11.2. The molecule has 2 N–H and O–H groups in total. The Kier molecular flexibility index (Phi) is 41.2. The van der Waals surface area contributed by atoms with Crippen LogP contribution >= 0.6 is 31.9 Å². The maximum Gasteiger partial charge on any atom is 0.338 e. The molecule has 2 atom stereocenters. The van der Waals surface area contributed by atoms with E-state index in [0.717, 1.165) is 181 Å². The van der Waals surface area contributed by atoms with Crippen molar-refractivity contribution in [1.29, 1.82) is 0 Å². The molecule has 129 heavy (non-hydrogen) atoms. The molecule has 0 aliphatic rings. The number of halogens is 2. The molecule has 2 unspecified atom stereocenters. The van der Waals surface area contributed by atoms with Crippen LogP contribution in [0.25, 0.3) is 143 Å². The Balaban J connectivity index is 0.000000191. The second-order valence-electron chi connectivity index (χ2n) is 28.6. The highest BCUT2D eigenvalue weighted by Gasteiger charge is 2.27. The number of fused-ring (bicyclic) bond motifs is 14. The first kappa shape index (κ1) is 101. The lowest BCUT2D eigenvalue weighted by Crippen LogP contribution is -2.14. The number of phenols is 2. The van der Waals surface area contributed by atoms with Crippen molar-refractivity contribution in [3.05, 3.63) is 275 Å². The lowest BCUT2D eigenvalue weighted by atomic mass is 9.93. The molecule has 0 radical (unpaired) electrons. The molecule has 16 aromatic rings. The predicted molar refractivity (Wildman–Crippen MR) is 619 cm³/mol. The van der Waals surface area contributed by atoms with Gasteiger partial charge in [0.1, 0.15) is 23.1 Å². The van der Waals surface area contributed by atoms with Crippen LogP contribution in [0.5, 0.6) is 11.5 Å². The van der Waals surface area contributed by atoms with Crippen LogP contribution in [0.15, 0.2) is 264 Å². The van der Waals surface area contributed by atoms with Gasteiger partial charge in [0.2, 0.25) is 0 Å². The van der Waals surface area contributed by atoms with Crippen LogP contribution < -0.4 is 0 Å². The molecule has 16 rings (SSSR count). The molecule has 10 nitrogen and oxygen atoms in total. The smallest absolute Gasteiger partial charge is 0.338 e. The van der Waals surface area contributed by atoms with Gasteiger partial charge < -0.3 is 19.7 Å². The number of carbonyl (C=O) groups excluding carboxylic acids is 2. The summed E-state index contributed by atoms with van der Waals surface area (Å²) in [6, 6.07) is 85.3. The molecule has 0 aliphatic carbocycles. The number of para-hydroxylation sites is 2. The van der Waals surface area contributed by atoms with Gasteiger partial charge in [0.25, 0.3) is 0 Å². The van der Waals surface area contributed by atoms with Crippen LogP contribution in [0.3, 0.4) is 0 Å². The van der Waals surface area contributed by atoms with Gasteiger partial charge in [-0.15, -0.1) is 0 Å². The molecule has 0 fully saturated rings. The van der Waals surface area contributed by atoms with Gasteiger partial charge in [-0.05, 0) is 199 Å². The van der Waals surface area contributed by atoms with Crippen molar-refractivity contribution in [3.8, 4) is 67.9 Å². The number of hydrogen-bond acceptors (Lipinski definition) is 12. The third-order valence-corrected chi connectivity index (χ3v) is 64.2. The van der Waals surface area contributed by atoms with Crippen LogP contribution in [0.4, 0.5) is 0 Å². The highest BCUT2D eigenvalue weighted by molar-refractivity contribution is 9.10. The fourth-order valence-electron chi connectivity index (χ4n) is 14.9. The molecule has 0 saturated carbocycles. The topological polar surface area (TPSA) is 129 Å². The number of rotatable bonds is 20. The minimum absolute atomic E-state index is 0.140. The van der Waals surface area contributed by atoms with E-state index < -0.39 is 0 Å². The predicted octanol–water partition coefficient (Wildman–Crippen LogP) is 25.3. The van der Waals surface area contributed by atoms with Crippen LogP contribution in [-0.2, 0) is 241 Å². The molecule has 2 aromatic heterocycles. The van der Waals surface area contributed by atoms with Gasteiger partial charge in [-0.2, -0.15) is 0 Å². The zero-order chi connectivity index (χ0) is 90.4. The third kappa shape index (κ3) is 26.9. The van der Waals surface area contributed by atoms with E-state index >= 15 is 0 Å². The van der Waals surface area contributed by atoms with E-state index in [0.29, 0.717) is 59.0 Å². The quantitative estimate of drug-likeness (QED) is 0.0557. The Morgan fingerprint density at radius 3 is 1.01 bits per heavy atom. The minimum Gasteiger partial charge on any atom is -0.507 e. The van der Waals surface area contributed by atoms with E-state index in [2.05, 4.69) is 200 Å². The average molecular weight is 2300 g/mol. The minimum atomic E-state index is -0.301. The van der Waals surface area contributed by atoms with Crippen molar-refractivity contribution in [2.75, 3.05) is 13.2 Å².